The van der Waals surface area contributed by atoms with Crippen molar-refractivity contribution in [1.29, 1.82) is 0 Å². The Labute approximate surface area is 80.6 Å². The average molecular weight is 250 g/mol. The molecule has 0 aliphatic heterocycles. The third kappa shape index (κ3) is 12.4. The van der Waals surface area contributed by atoms with Gasteiger partial charge >= 0.3 is 7.60 Å². The van der Waals surface area contributed by atoms with E-state index in [1.807, 2.05) is 0 Å². The van der Waals surface area contributed by atoms with Gasteiger partial charge in [-0.25, -0.2) is 0 Å². The largest absolute Gasteiger partial charge is 0.326 e. The molecule has 80 valence electrons. The Balaban J connectivity index is 3.44. The third-order valence-electron chi connectivity index (χ3n) is 1.01. The fourth-order valence-electron chi connectivity index (χ4n) is 0.450. The molecule has 13 heavy (non-hydrogen) atoms. The first-order valence-electron chi connectivity index (χ1n) is 3.28. The van der Waals surface area contributed by atoms with Gasteiger partial charge in [0.05, 0.1) is 11.9 Å². The molecule has 3 N–H and O–H groups in total. The highest BCUT2D eigenvalue weighted by Crippen LogP contribution is 2.34. The lowest BCUT2D eigenvalue weighted by atomic mass is 10.9. The Morgan fingerprint density at radius 3 is 2.15 bits per heavy atom. The van der Waals surface area contributed by atoms with E-state index in [0.29, 0.717) is 0 Å². The van der Waals surface area contributed by atoms with E-state index in [-0.39, 0.29) is 17.7 Å². The van der Waals surface area contributed by atoms with Crippen molar-refractivity contribution in [2.45, 2.75) is 0 Å². The summed E-state index contributed by atoms with van der Waals surface area (Å²) in [5.74, 6) is -0.0720. The molecule has 0 aromatic rings. The molecule has 0 amide bonds. The second-order valence-corrected chi connectivity index (χ2v) is 6.86. The lowest BCUT2D eigenvalue weighted by molar-refractivity contribution is 0.375. The molecule has 0 atom stereocenters. The van der Waals surface area contributed by atoms with Crippen molar-refractivity contribution in [3.63, 3.8) is 0 Å². The summed E-state index contributed by atoms with van der Waals surface area (Å²) in [4.78, 5) is 16.8. The second kappa shape index (κ2) is 5.33. The fraction of sp³-hybridized carbons (Fsp3) is 1.00. The summed E-state index contributed by atoms with van der Waals surface area (Å²) < 4.78 is 38.9. The van der Waals surface area contributed by atoms with Crippen molar-refractivity contribution in [3.05, 3.63) is 0 Å². The van der Waals surface area contributed by atoms with E-state index < -0.39 is 23.5 Å². The zero-order chi connectivity index (χ0) is 10.5. The number of hydrogen-bond acceptors (Lipinski definition) is 4. The summed E-state index contributed by atoms with van der Waals surface area (Å²) in [6.45, 7) is 0. The Hall–Kier alpha value is 0.410. The first-order valence-corrected chi connectivity index (χ1v) is 7.84. The zero-order valence-electron chi connectivity index (χ0n) is 6.66. The summed E-state index contributed by atoms with van der Waals surface area (Å²) in [7, 11) is -7.93. The second-order valence-electron chi connectivity index (χ2n) is 2.29. The van der Waals surface area contributed by atoms with E-state index in [2.05, 4.69) is 0 Å². The predicted octanol–water partition coefficient (Wildman–Crippen LogP) is -0.215. The Morgan fingerprint density at radius 2 is 1.77 bits per heavy atom. The van der Waals surface area contributed by atoms with Gasteiger partial charge in [0, 0.05) is 11.5 Å². The highest BCUT2D eigenvalue weighted by Gasteiger charge is 2.12. The van der Waals surface area contributed by atoms with Crippen LogP contribution in [0.1, 0.15) is 0 Å². The van der Waals surface area contributed by atoms with Crippen LogP contribution in [0.4, 0.5) is 0 Å². The van der Waals surface area contributed by atoms with Crippen LogP contribution < -0.4 is 0 Å². The van der Waals surface area contributed by atoms with Crippen LogP contribution in [-0.4, -0.2) is 46.2 Å². The summed E-state index contributed by atoms with van der Waals surface area (Å²) in [6.07, 6.45) is -0.275. The highest BCUT2D eigenvalue weighted by molar-refractivity contribution is 8.00. The quantitative estimate of drug-likeness (QED) is 0.339. The minimum atomic E-state index is -3.98. The Kier molecular flexibility index (Phi) is 5.50. The van der Waals surface area contributed by atoms with Crippen molar-refractivity contribution >= 4 is 29.5 Å². The van der Waals surface area contributed by atoms with Gasteiger partial charge in [-0.1, -0.05) is 0 Å². The molecule has 0 heterocycles. The minimum Gasteiger partial charge on any atom is -0.324 e. The lowest BCUT2D eigenvalue weighted by Gasteiger charge is -2.02. The summed E-state index contributed by atoms with van der Waals surface area (Å²) in [5.41, 5.74) is 0. The van der Waals surface area contributed by atoms with Crippen LogP contribution in [0.25, 0.3) is 0 Å². The zero-order valence-corrected chi connectivity index (χ0v) is 9.19. The average Bonchev–Trinajstić information content (AvgIpc) is 1.81. The van der Waals surface area contributed by atoms with Crippen LogP contribution in [0.3, 0.4) is 0 Å². The van der Waals surface area contributed by atoms with Crippen LogP contribution in [0.2, 0.25) is 0 Å². The molecule has 0 spiro atoms. The molecule has 0 unspecified atom stereocenters. The van der Waals surface area contributed by atoms with E-state index >= 15 is 0 Å². The standard InChI is InChI=1S/C4H11O6PS2/c5-11(6,7)1-2-12-3-4-13(8,9)10/h1-4H2,(H2,5,6,7)(H,8,9,10). The highest BCUT2D eigenvalue weighted by atomic mass is 32.2. The maximum atomic E-state index is 10.3. The first kappa shape index (κ1) is 13.4. The maximum Gasteiger partial charge on any atom is 0.326 e. The molecular weight excluding hydrogens is 239 g/mol. The smallest absolute Gasteiger partial charge is 0.324 e. The number of hydrogen-bond donors (Lipinski definition) is 3. The fourth-order valence-corrected chi connectivity index (χ4v) is 3.44. The summed E-state index contributed by atoms with van der Waals surface area (Å²) in [5, 5.41) is 0. The van der Waals surface area contributed by atoms with Gasteiger partial charge in [0.15, 0.2) is 0 Å². The summed E-state index contributed by atoms with van der Waals surface area (Å²) >= 11 is 1.08. The third-order valence-corrected chi connectivity index (χ3v) is 4.09. The van der Waals surface area contributed by atoms with E-state index in [0.717, 1.165) is 11.8 Å². The molecule has 0 aliphatic rings. The SMILES string of the molecule is O=P(O)(O)CCSCCS(=O)(=O)O. The van der Waals surface area contributed by atoms with Crippen LogP contribution in [0.5, 0.6) is 0 Å². The van der Waals surface area contributed by atoms with Gasteiger partial charge in [0.25, 0.3) is 10.1 Å². The number of rotatable bonds is 6. The lowest BCUT2D eigenvalue weighted by Crippen LogP contribution is -2.06. The molecule has 0 fully saturated rings. The van der Waals surface area contributed by atoms with Crippen molar-refractivity contribution in [2.75, 3.05) is 23.4 Å². The van der Waals surface area contributed by atoms with Gasteiger partial charge in [0.2, 0.25) is 0 Å². The molecule has 0 bridgehead atoms. The van der Waals surface area contributed by atoms with Gasteiger partial charge in [0.1, 0.15) is 0 Å². The van der Waals surface area contributed by atoms with Crippen LogP contribution in [0, 0.1) is 0 Å². The van der Waals surface area contributed by atoms with E-state index in [1.54, 1.807) is 0 Å². The van der Waals surface area contributed by atoms with Crippen LogP contribution >= 0.6 is 19.4 Å². The van der Waals surface area contributed by atoms with Gasteiger partial charge in [-0.05, 0) is 0 Å². The monoisotopic (exact) mass is 250 g/mol. The van der Waals surface area contributed by atoms with E-state index in [4.69, 9.17) is 14.3 Å². The van der Waals surface area contributed by atoms with E-state index in [9.17, 15) is 13.0 Å². The maximum absolute atomic E-state index is 10.3. The molecule has 0 aromatic carbocycles. The first-order chi connectivity index (χ1) is 5.71. The van der Waals surface area contributed by atoms with Gasteiger partial charge in [-0.2, -0.15) is 20.2 Å². The summed E-state index contributed by atoms with van der Waals surface area (Å²) in [6, 6.07) is 0. The van der Waals surface area contributed by atoms with Gasteiger partial charge < -0.3 is 9.79 Å². The minimum absolute atomic E-state index is 0.138. The van der Waals surface area contributed by atoms with Crippen LogP contribution in [-0.2, 0) is 14.7 Å². The van der Waals surface area contributed by atoms with Crippen molar-refractivity contribution in [1.82, 2.24) is 0 Å². The van der Waals surface area contributed by atoms with Crippen LogP contribution in [0.15, 0.2) is 0 Å². The van der Waals surface area contributed by atoms with Gasteiger partial charge in [-0.15, -0.1) is 0 Å². The predicted molar refractivity (Wildman–Crippen MR) is 50.7 cm³/mol. The molecule has 0 radical (unpaired) electrons. The molecule has 0 aliphatic carbocycles. The molecule has 9 heteroatoms. The molecule has 0 saturated heterocycles. The normalized spacial score (nSPS) is 13.2. The Morgan fingerprint density at radius 1 is 1.23 bits per heavy atom. The van der Waals surface area contributed by atoms with Crippen molar-refractivity contribution in [3.8, 4) is 0 Å². The molecular formula is C4H11O6PS2. The van der Waals surface area contributed by atoms with Gasteiger partial charge in [-0.3, -0.25) is 9.12 Å². The van der Waals surface area contributed by atoms with E-state index in [1.165, 1.54) is 0 Å². The number of thioether (sulfide) groups is 1. The molecule has 6 nitrogen and oxygen atoms in total. The van der Waals surface area contributed by atoms with Crippen molar-refractivity contribution < 1.29 is 27.3 Å². The molecule has 0 rings (SSSR count). The van der Waals surface area contributed by atoms with Crippen molar-refractivity contribution in [2.24, 2.45) is 0 Å². The Bertz CT molecular complexity index is 279. The molecule has 0 aromatic heterocycles. The molecule has 0 saturated carbocycles. The topological polar surface area (TPSA) is 112 Å².